The smallest absolute Gasteiger partial charge is 0.258 e. The number of aromatic amines is 1. The normalized spacial score (nSPS) is 23.9. The minimum atomic E-state index is -0.285. The van der Waals surface area contributed by atoms with Crippen LogP contribution in [0.1, 0.15) is 32.0 Å². The minimum absolute atomic E-state index is 0. The van der Waals surface area contributed by atoms with Crippen molar-refractivity contribution in [1.82, 2.24) is 20.6 Å². The van der Waals surface area contributed by atoms with Gasteiger partial charge in [-0.2, -0.15) is 0 Å². The summed E-state index contributed by atoms with van der Waals surface area (Å²) in [5, 5.41) is 6.89. The standard InChI is InChI=1S/C18H22N4O2.ClH/c1-17(11-18(17)6-8-19-9-7-18)16(24)20-10-14-21-13-5-3-2-4-12(13)15(23)22-14;/h2-5,19H,6-11H2,1H3,(H,20,24)(H,21,22,23);1H. The molecule has 0 radical (unpaired) electrons. The Balaban J connectivity index is 0.00000182. The number of aromatic nitrogens is 2. The van der Waals surface area contributed by atoms with Crippen molar-refractivity contribution in [3.8, 4) is 0 Å². The third kappa shape index (κ3) is 2.93. The van der Waals surface area contributed by atoms with Crippen molar-refractivity contribution < 1.29 is 4.79 Å². The largest absolute Gasteiger partial charge is 0.348 e. The third-order valence-corrected chi connectivity index (χ3v) is 5.88. The highest BCUT2D eigenvalue weighted by molar-refractivity contribution is 5.86. The van der Waals surface area contributed by atoms with Gasteiger partial charge in [0.05, 0.1) is 22.9 Å². The molecule has 1 saturated carbocycles. The van der Waals surface area contributed by atoms with Gasteiger partial charge in [-0.25, -0.2) is 4.98 Å². The first kappa shape index (κ1) is 17.9. The monoisotopic (exact) mass is 362 g/mol. The molecular weight excluding hydrogens is 340 g/mol. The Morgan fingerprint density at radius 3 is 2.76 bits per heavy atom. The van der Waals surface area contributed by atoms with Gasteiger partial charge in [0.1, 0.15) is 5.82 Å². The van der Waals surface area contributed by atoms with Crippen LogP contribution >= 0.6 is 12.4 Å². The second kappa shape index (κ2) is 6.42. The molecule has 1 saturated heterocycles. The van der Waals surface area contributed by atoms with Crippen LogP contribution in [0.4, 0.5) is 0 Å². The number of halogens is 1. The van der Waals surface area contributed by atoms with E-state index in [-0.39, 0.29) is 41.2 Å². The molecule has 1 atom stereocenters. The lowest BCUT2D eigenvalue weighted by Crippen LogP contribution is -2.38. The SMILES string of the molecule is CC1(C(=O)NCc2nc3ccccc3c(=O)[nH]2)CC12CCNCC2.Cl. The van der Waals surface area contributed by atoms with Gasteiger partial charge in [-0.1, -0.05) is 19.1 Å². The van der Waals surface area contributed by atoms with Crippen LogP contribution in [-0.4, -0.2) is 29.0 Å². The first-order valence-electron chi connectivity index (χ1n) is 8.51. The number of rotatable bonds is 3. The van der Waals surface area contributed by atoms with E-state index >= 15 is 0 Å². The number of nitrogens with zero attached hydrogens (tertiary/aromatic N) is 1. The zero-order valence-corrected chi connectivity index (χ0v) is 15.0. The van der Waals surface area contributed by atoms with E-state index in [1.54, 1.807) is 6.07 Å². The molecule has 4 rings (SSSR count). The molecule has 2 aliphatic rings. The molecule has 1 spiro atoms. The number of carbonyl (C=O) groups is 1. The molecule has 2 aromatic rings. The molecule has 1 aromatic carbocycles. The molecule has 1 amide bonds. The lowest BCUT2D eigenvalue weighted by Gasteiger charge is -2.27. The second-order valence-electron chi connectivity index (χ2n) is 7.25. The molecule has 1 unspecified atom stereocenters. The van der Waals surface area contributed by atoms with Crippen LogP contribution < -0.4 is 16.2 Å². The molecule has 1 aliphatic heterocycles. The quantitative estimate of drug-likeness (QED) is 0.776. The number of fused-ring (bicyclic) bond motifs is 1. The lowest BCUT2D eigenvalue weighted by atomic mass is 9.85. The van der Waals surface area contributed by atoms with Gasteiger partial charge in [0.15, 0.2) is 0 Å². The first-order valence-corrected chi connectivity index (χ1v) is 8.51. The van der Waals surface area contributed by atoms with Crippen molar-refractivity contribution >= 4 is 29.2 Å². The summed E-state index contributed by atoms with van der Waals surface area (Å²) in [7, 11) is 0. The van der Waals surface area contributed by atoms with Gasteiger partial charge in [-0.15, -0.1) is 12.4 Å². The highest BCUT2D eigenvalue weighted by atomic mass is 35.5. The van der Waals surface area contributed by atoms with Crippen molar-refractivity contribution in [2.24, 2.45) is 10.8 Å². The summed E-state index contributed by atoms with van der Waals surface area (Å²) in [6.45, 7) is 4.29. The summed E-state index contributed by atoms with van der Waals surface area (Å²) in [6, 6.07) is 7.22. The van der Waals surface area contributed by atoms with Gasteiger partial charge >= 0.3 is 0 Å². The maximum atomic E-state index is 12.7. The fraction of sp³-hybridized carbons (Fsp3) is 0.500. The van der Waals surface area contributed by atoms with Crippen LogP contribution in [0, 0.1) is 10.8 Å². The molecule has 3 N–H and O–H groups in total. The van der Waals surface area contributed by atoms with Crippen molar-refractivity contribution in [1.29, 1.82) is 0 Å². The molecule has 6 nitrogen and oxygen atoms in total. The number of piperidine rings is 1. The van der Waals surface area contributed by atoms with Gasteiger partial charge in [0.25, 0.3) is 5.56 Å². The Bertz CT molecular complexity index is 860. The average molecular weight is 363 g/mol. The molecule has 1 aromatic heterocycles. The maximum Gasteiger partial charge on any atom is 0.258 e. The van der Waals surface area contributed by atoms with Crippen LogP contribution in [0.15, 0.2) is 29.1 Å². The number of H-pyrrole nitrogens is 1. The van der Waals surface area contributed by atoms with E-state index in [0.717, 1.165) is 32.4 Å². The summed E-state index contributed by atoms with van der Waals surface area (Å²) in [5.74, 6) is 0.566. The number of para-hydroxylation sites is 1. The van der Waals surface area contributed by atoms with Gasteiger partial charge in [-0.3, -0.25) is 9.59 Å². The number of benzene rings is 1. The van der Waals surface area contributed by atoms with Crippen molar-refractivity contribution in [2.45, 2.75) is 32.7 Å². The molecule has 134 valence electrons. The summed E-state index contributed by atoms with van der Waals surface area (Å²) in [6.07, 6.45) is 3.07. The summed E-state index contributed by atoms with van der Waals surface area (Å²) < 4.78 is 0. The second-order valence-corrected chi connectivity index (χ2v) is 7.25. The van der Waals surface area contributed by atoms with Crippen molar-refractivity contribution in [2.75, 3.05) is 13.1 Å². The topological polar surface area (TPSA) is 86.9 Å². The number of carbonyl (C=O) groups excluding carboxylic acids is 1. The first-order chi connectivity index (χ1) is 11.5. The molecule has 2 heterocycles. The zero-order valence-electron chi connectivity index (χ0n) is 14.2. The van der Waals surface area contributed by atoms with E-state index in [0.29, 0.717) is 16.7 Å². The number of nitrogens with one attached hydrogen (secondary N) is 3. The molecule has 0 bridgehead atoms. The van der Waals surface area contributed by atoms with E-state index in [1.807, 2.05) is 18.2 Å². The predicted octanol–water partition coefficient (Wildman–Crippen LogP) is 1.74. The summed E-state index contributed by atoms with van der Waals surface area (Å²) >= 11 is 0. The Hall–Kier alpha value is -1.92. The fourth-order valence-electron chi connectivity index (χ4n) is 4.17. The maximum absolute atomic E-state index is 12.7. The third-order valence-electron chi connectivity index (χ3n) is 5.88. The van der Waals surface area contributed by atoms with Gasteiger partial charge in [-0.05, 0) is 49.9 Å². The van der Waals surface area contributed by atoms with E-state index in [2.05, 4.69) is 27.5 Å². The van der Waals surface area contributed by atoms with Crippen molar-refractivity contribution in [3.63, 3.8) is 0 Å². The average Bonchev–Trinajstić information content (AvgIpc) is 3.17. The van der Waals surface area contributed by atoms with Crippen LogP contribution in [0.2, 0.25) is 0 Å². The van der Waals surface area contributed by atoms with Crippen LogP contribution in [0.3, 0.4) is 0 Å². The van der Waals surface area contributed by atoms with E-state index in [9.17, 15) is 9.59 Å². The van der Waals surface area contributed by atoms with E-state index in [4.69, 9.17) is 0 Å². The lowest BCUT2D eigenvalue weighted by molar-refractivity contribution is -0.127. The highest BCUT2D eigenvalue weighted by Crippen LogP contribution is 2.68. The Labute approximate surface area is 152 Å². The molecule has 2 fully saturated rings. The van der Waals surface area contributed by atoms with Gasteiger partial charge in [0, 0.05) is 0 Å². The van der Waals surface area contributed by atoms with Gasteiger partial charge in [0.2, 0.25) is 5.91 Å². The number of hydrogen-bond acceptors (Lipinski definition) is 4. The zero-order chi connectivity index (χ0) is 16.8. The Kier molecular flexibility index (Phi) is 4.60. The predicted molar refractivity (Wildman–Crippen MR) is 98.7 cm³/mol. The van der Waals surface area contributed by atoms with Crippen molar-refractivity contribution in [3.05, 3.63) is 40.4 Å². The molecule has 7 heteroatoms. The van der Waals surface area contributed by atoms with Crippen LogP contribution in [0.5, 0.6) is 0 Å². The van der Waals surface area contributed by atoms with Crippen LogP contribution in [-0.2, 0) is 11.3 Å². The number of hydrogen-bond donors (Lipinski definition) is 3. The molecule has 25 heavy (non-hydrogen) atoms. The highest BCUT2D eigenvalue weighted by Gasteiger charge is 2.67. The van der Waals surface area contributed by atoms with Crippen LogP contribution in [0.25, 0.3) is 10.9 Å². The Morgan fingerprint density at radius 2 is 2.00 bits per heavy atom. The fourth-order valence-corrected chi connectivity index (χ4v) is 4.17. The molecule has 1 aliphatic carbocycles. The molecular formula is C18H23ClN4O2. The number of amides is 1. The summed E-state index contributed by atoms with van der Waals surface area (Å²) in [5.41, 5.74) is 0.356. The summed E-state index contributed by atoms with van der Waals surface area (Å²) in [4.78, 5) is 31.9. The van der Waals surface area contributed by atoms with E-state index < -0.39 is 0 Å². The Morgan fingerprint density at radius 1 is 1.28 bits per heavy atom. The minimum Gasteiger partial charge on any atom is -0.348 e. The van der Waals surface area contributed by atoms with Gasteiger partial charge < -0.3 is 15.6 Å². The van der Waals surface area contributed by atoms with E-state index in [1.165, 1.54) is 0 Å².